The lowest BCUT2D eigenvalue weighted by Crippen LogP contribution is -2.48. The van der Waals surface area contributed by atoms with E-state index in [1.807, 2.05) is 0 Å². The Bertz CT molecular complexity index is 185. The van der Waals surface area contributed by atoms with Crippen LogP contribution in [-0.4, -0.2) is 64.4 Å². The van der Waals surface area contributed by atoms with Crippen molar-refractivity contribution in [1.29, 1.82) is 0 Å². The molecule has 0 saturated carbocycles. The topological polar surface area (TPSA) is 60.0 Å². The Morgan fingerprint density at radius 2 is 2.19 bits per heavy atom. The van der Waals surface area contributed by atoms with Crippen LogP contribution >= 0.6 is 0 Å². The average Bonchev–Trinajstić information content (AvgIpc) is 2.22. The molecule has 0 aromatic heterocycles. The highest BCUT2D eigenvalue weighted by Crippen LogP contribution is 2.24. The van der Waals surface area contributed by atoms with Crippen molar-refractivity contribution in [2.45, 2.75) is 13.0 Å². The molecule has 1 rings (SSSR count). The predicted molar refractivity (Wildman–Crippen MR) is 60.5 cm³/mol. The second-order valence-electron chi connectivity index (χ2n) is 4.66. The summed E-state index contributed by atoms with van der Waals surface area (Å²) in [5.41, 5.74) is 0.247. The third kappa shape index (κ3) is 5.23. The molecule has 0 radical (unpaired) electrons. The van der Waals surface area contributed by atoms with Gasteiger partial charge in [-0.3, -0.25) is 0 Å². The third-order valence-electron chi connectivity index (χ3n) is 2.57. The summed E-state index contributed by atoms with van der Waals surface area (Å²) < 4.78 is 15.2. The van der Waals surface area contributed by atoms with Crippen LogP contribution in [0.1, 0.15) is 6.92 Å². The second kappa shape index (κ2) is 7.19. The molecule has 1 saturated heterocycles. The van der Waals surface area contributed by atoms with Crippen molar-refractivity contribution in [3.8, 4) is 0 Å². The molecule has 0 amide bonds. The molecule has 0 aliphatic carbocycles. The van der Waals surface area contributed by atoms with Crippen LogP contribution in [0.5, 0.6) is 0 Å². The highest BCUT2D eigenvalue weighted by Gasteiger charge is 2.32. The molecule has 5 nitrogen and oxygen atoms in total. The molecule has 1 aliphatic rings. The zero-order valence-electron chi connectivity index (χ0n) is 10.2. The maximum absolute atomic E-state index is 9.58. The average molecular weight is 233 g/mol. The minimum Gasteiger partial charge on any atom is -0.389 e. The Morgan fingerprint density at radius 1 is 1.44 bits per heavy atom. The van der Waals surface area contributed by atoms with Gasteiger partial charge in [0.2, 0.25) is 0 Å². The number of rotatable bonds is 9. The van der Waals surface area contributed by atoms with Gasteiger partial charge >= 0.3 is 0 Å². The van der Waals surface area contributed by atoms with Crippen LogP contribution in [0.3, 0.4) is 0 Å². The highest BCUT2D eigenvalue weighted by atomic mass is 16.5. The van der Waals surface area contributed by atoms with Gasteiger partial charge in [0.25, 0.3) is 0 Å². The maximum Gasteiger partial charge on any atom is 0.0897 e. The van der Waals surface area contributed by atoms with E-state index < -0.39 is 6.10 Å². The molecular formula is C11H23NO4. The molecule has 96 valence electrons. The van der Waals surface area contributed by atoms with E-state index in [9.17, 15) is 5.11 Å². The van der Waals surface area contributed by atoms with Gasteiger partial charge in [-0.15, -0.1) is 0 Å². The monoisotopic (exact) mass is 233 g/mol. The lowest BCUT2D eigenvalue weighted by atomic mass is 9.89. The summed E-state index contributed by atoms with van der Waals surface area (Å²) in [6.45, 7) is 6.66. The van der Waals surface area contributed by atoms with Crippen molar-refractivity contribution in [1.82, 2.24) is 5.32 Å². The standard InChI is InChI=1S/C11H23NO4/c1-11(8-16-9-11)7-12-5-10(13)6-15-4-3-14-2/h10,12-13H,3-9H2,1-2H3. The van der Waals surface area contributed by atoms with Gasteiger partial charge in [0, 0.05) is 25.6 Å². The van der Waals surface area contributed by atoms with Gasteiger partial charge in [0.05, 0.1) is 39.1 Å². The summed E-state index contributed by atoms with van der Waals surface area (Å²) in [5.74, 6) is 0. The van der Waals surface area contributed by atoms with Gasteiger partial charge in [-0.2, -0.15) is 0 Å². The molecule has 16 heavy (non-hydrogen) atoms. The Labute approximate surface area is 97.1 Å². The molecular weight excluding hydrogens is 210 g/mol. The van der Waals surface area contributed by atoms with Crippen LogP contribution < -0.4 is 5.32 Å². The van der Waals surface area contributed by atoms with E-state index in [4.69, 9.17) is 14.2 Å². The van der Waals surface area contributed by atoms with Gasteiger partial charge in [-0.25, -0.2) is 0 Å². The Morgan fingerprint density at radius 3 is 2.75 bits per heavy atom. The highest BCUT2D eigenvalue weighted by molar-refractivity contribution is 4.83. The fraction of sp³-hybridized carbons (Fsp3) is 1.00. The largest absolute Gasteiger partial charge is 0.389 e. The number of nitrogens with one attached hydrogen (secondary N) is 1. The van der Waals surface area contributed by atoms with Gasteiger partial charge in [-0.05, 0) is 0 Å². The number of hydrogen-bond acceptors (Lipinski definition) is 5. The molecule has 1 unspecified atom stereocenters. The van der Waals surface area contributed by atoms with E-state index in [1.54, 1.807) is 7.11 Å². The first-order valence-corrected chi connectivity index (χ1v) is 5.69. The van der Waals surface area contributed by atoms with E-state index in [-0.39, 0.29) is 5.41 Å². The molecule has 0 aromatic carbocycles. The summed E-state index contributed by atoms with van der Waals surface area (Å²) in [6, 6.07) is 0. The lowest BCUT2D eigenvalue weighted by molar-refractivity contribution is -0.100. The summed E-state index contributed by atoms with van der Waals surface area (Å²) in [4.78, 5) is 0. The van der Waals surface area contributed by atoms with Crippen LogP contribution in [0.25, 0.3) is 0 Å². The molecule has 0 aromatic rings. The fourth-order valence-electron chi connectivity index (χ4n) is 1.51. The summed E-state index contributed by atoms with van der Waals surface area (Å²) in [5, 5.41) is 12.8. The van der Waals surface area contributed by atoms with Crippen molar-refractivity contribution in [3.63, 3.8) is 0 Å². The van der Waals surface area contributed by atoms with Crippen LogP contribution in [0.15, 0.2) is 0 Å². The molecule has 0 spiro atoms. The number of ether oxygens (including phenoxy) is 3. The van der Waals surface area contributed by atoms with E-state index in [2.05, 4.69) is 12.2 Å². The Kier molecular flexibility index (Phi) is 6.23. The smallest absolute Gasteiger partial charge is 0.0897 e. The summed E-state index contributed by atoms with van der Waals surface area (Å²) in [6.07, 6.45) is -0.457. The SMILES string of the molecule is COCCOCC(O)CNCC1(C)COC1. The summed E-state index contributed by atoms with van der Waals surface area (Å²) in [7, 11) is 1.63. The van der Waals surface area contributed by atoms with E-state index in [0.29, 0.717) is 26.4 Å². The van der Waals surface area contributed by atoms with Crippen molar-refractivity contribution in [3.05, 3.63) is 0 Å². The van der Waals surface area contributed by atoms with Crippen molar-refractivity contribution in [2.24, 2.45) is 5.41 Å². The van der Waals surface area contributed by atoms with Crippen molar-refractivity contribution in [2.75, 3.05) is 53.2 Å². The quantitative estimate of drug-likeness (QED) is 0.532. The first kappa shape index (κ1) is 13.9. The van der Waals surface area contributed by atoms with Gasteiger partial charge in [0.15, 0.2) is 0 Å². The van der Waals surface area contributed by atoms with Crippen LogP contribution in [-0.2, 0) is 14.2 Å². The van der Waals surface area contributed by atoms with Gasteiger partial charge in [0.1, 0.15) is 0 Å². The normalized spacial score (nSPS) is 20.4. The Hall–Kier alpha value is -0.200. The number of methoxy groups -OCH3 is 1. The predicted octanol–water partition coefficient (Wildman–Crippen LogP) is -0.364. The van der Waals surface area contributed by atoms with E-state index in [0.717, 1.165) is 19.8 Å². The van der Waals surface area contributed by atoms with Crippen molar-refractivity contribution >= 4 is 0 Å². The molecule has 0 bridgehead atoms. The zero-order chi connectivity index (χ0) is 11.9. The van der Waals surface area contributed by atoms with E-state index in [1.165, 1.54) is 0 Å². The number of aliphatic hydroxyl groups is 1. The molecule has 1 aliphatic heterocycles. The third-order valence-corrected chi connectivity index (χ3v) is 2.57. The maximum atomic E-state index is 9.58. The van der Waals surface area contributed by atoms with Gasteiger partial charge in [-0.1, -0.05) is 6.92 Å². The fourth-order valence-corrected chi connectivity index (χ4v) is 1.51. The van der Waals surface area contributed by atoms with E-state index >= 15 is 0 Å². The van der Waals surface area contributed by atoms with Crippen molar-refractivity contribution < 1.29 is 19.3 Å². The minimum atomic E-state index is -0.457. The zero-order valence-corrected chi connectivity index (χ0v) is 10.2. The van der Waals surface area contributed by atoms with Crippen LogP contribution in [0.2, 0.25) is 0 Å². The van der Waals surface area contributed by atoms with Crippen LogP contribution in [0.4, 0.5) is 0 Å². The second-order valence-corrected chi connectivity index (χ2v) is 4.66. The molecule has 1 heterocycles. The first-order chi connectivity index (χ1) is 7.66. The lowest BCUT2D eigenvalue weighted by Gasteiger charge is -2.38. The molecule has 2 N–H and O–H groups in total. The number of hydrogen-bond donors (Lipinski definition) is 2. The summed E-state index contributed by atoms with van der Waals surface area (Å²) >= 11 is 0. The first-order valence-electron chi connectivity index (χ1n) is 5.69. The van der Waals surface area contributed by atoms with Gasteiger partial charge < -0.3 is 24.6 Å². The molecule has 1 atom stereocenters. The van der Waals surface area contributed by atoms with Crippen LogP contribution in [0, 0.1) is 5.41 Å². The molecule has 1 fully saturated rings. The number of aliphatic hydroxyl groups excluding tert-OH is 1. The molecule has 5 heteroatoms. The minimum absolute atomic E-state index is 0.247. The Balaban J connectivity index is 1.91.